The second kappa shape index (κ2) is 6.72. The number of rotatable bonds is 6. The van der Waals surface area contributed by atoms with Crippen molar-refractivity contribution in [3.05, 3.63) is 48.3 Å². The molecule has 1 aromatic heterocycles. The summed E-state index contributed by atoms with van der Waals surface area (Å²) in [5, 5.41) is 7.57. The molecule has 2 aromatic rings. The fraction of sp³-hybridized carbons (Fsp3) is 0.286. The lowest BCUT2D eigenvalue weighted by Gasteiger charge is -2.11. The Bertz CT molecular complexity index is 553. The average molecular weight is 274 g/mol. The molecule has 0 aliphatic heterocycles. The van der Waals surface area contributed by atoms with Crippen molar-refractivity contribution >= 4 is 6.09 Å². The Morgan fingerprint density at radius 3 is 2.90 bits per heavy atom. The van der Waals surface area contributed by atoms with Crippen LogP contribution >= 0.6 is 0 Å². The van der Waals surface area contributed by atoms with Crippen LogP contribution in [0.4, 0.5) is 4.79 Å². The van der Waals surface area contributed by atoms with E-state index >= 15 is 0 Å². The van der Waals surface area contributed by atoms with Gasteiger partial charge >= 0.3 is 6.09 Å². The van der Waals surface area contributed by atoms with Gasteiger partial charge in [0, 0.05) is 24.3 Å². The number of aromatic nitrogens is 2. The predicted molar refractivity (Wildman–Crippen MR) is 75.5 cm³/mol. The molecule has 1 aromatic carbocycles. The summed E-state index contributed by atoms with van der Waals surface area (Å²) in [6.45, 7) is 2.82. The Morgan fingerprint density at radius 1 is 1.45 bits per heavy atom. The first-order chi connectivity index (χ1) is 9.66. The van der Waals surface area contributed by atoms with Crippen LogP contribution in [0.1, 0.15) is 18.5 Å². The predicted octanol–water partition coefficient (Wildman–Crippen LogP) is 1.62. The third-order valence-corrected chi connectivity index (χ3v) is 2.92. The first kappa shape index (κ1) is 14.1. The number of hydrogen-bond donors (Lipinski definition) is 2. The van der Waals surface area contributed by atoms with Crippen LogP contribution in [0.2, 0.25) is 0 Å². The molecular weight excluding hydrogens is 256 g/mol. The van der Waals surface area contributed by atoms with Gasteiger partial charge in [0.1, 0.15) is 6.61 Å². The van der Waals surface area contributed by atoms with Crippen LogP contribution in [0.3, 0.4) is 0 Å². The van der Waals surface area contributed by atoms with Crippen molar-refractivity contribution < 1.29 is 9.53 Å². The summed E-state index contributed by atoms with van der Waals surface area (Å²) in [5.74, 6) is 0. The maximum absolute atomic E-state index is 10.4. The molecule has 6 nitrogen and oxygen atoms in total. The maximum atomic E-state index is 10.4. The Balaban J connectivity index is 1.90. The molecule has 1 unspecified atom stereocenters. The van der Waals surface area contributed by atoms with Crippen LogP contribution in [0.25, 0.3) is 5.69 Å². The lowest BCUT2D eigenvalue weighted by Crippen LogP contribution is -2.25. The molecular formula is C14H18N4O2. The Morgan fingerprint density at radius 2 is 2.20 bits per heavy atom. The number of nitrogens with one attached hydrogen (secondary N) is 1. The number of nitrogens with two attached hydrogens (primary N) is 1. The highest BCUT2D eigenvalue weighted by molar-refractivity contribution is 5.64. The van der Waals surface area contributed by atoms with E-state index in [9.17, 15) is 4.79 Å². The smallest absolute Gasteiger partial charge is 0.404 e. The van der Waals surface area contributed by atoms with Crippen LogP contribution in [0.15, 0.2) is 42.7 Å². The highest BCUT2D eigenvalue weighted by Crippen LogP contribution is 2.13. The minimum absolute atomic E-state index is 0.115. The second-order valence-corrected chi connectivity index (χ2v) is 4.40. The normalized spacial score (nSPS) is 12.1. The number of benzene rings is 1. The quantitative estimate of drug-likeness (QED) is 0.784. The van der Waals surface area contributed by atoms with Crippen molar-refractivity contribution in [1.29, 1.82) is 0 Å². The lowest BCUT2D eigenvalue weighted by molar-refractivity contribution is 0.156. The minimum atomic E-state index is -0.753. The number of nitrogens with zero attached hydrogens (tertiary/aromatic N) is 2. The van der Waals surface area contributed by atoms with Gasteiger partial charge in [-0.15, -0.1) is 0 Å². The van der Waals surface area contributed by atoms with E-state index in [-0.39, 0.29) is 12.6 Å². The summed E-state index contributed by atoms with van der Waals surface area (Å²) < 4.78 is 6.48. The van der Waals surface area contributed by atoms with Crippen molar-refractivity contribution in [1.82, 2.24) is 15.1 Å². The zero-order valence-electron chi connectivity index (χ0n) is 11.3. The number of primary amides is 1. The van der Waals surface area contributed by atoms with E-state index < -0.39 is 6.09 Å². The van der Waals surface area contributed by atoms with Gasteiger partial charge in [-0.05, 0) is 19.1 Å². The van der Waals surface area contributed by atoms with Crippen molar-refractivity contribution in [2.75, 3.05) is 13.2 Å². The summed E-state index contributed by atoms with van der Waals surface area (Å²) in [5.41, 5.74) is 6.97. The third-order valence-electron chi connectivity index (χ3n) is 2.92. The Labute approximate surface area is 117 Å². The molecule has 0 spiro atoms. The molecule has 6 heteroatoms. The van der Waals surface area contributed by atoms with E-state index in [1.165, 1.54) is 0 Å². The van der Waals surface area contributed by atoms with E-state index in [1.54, 1.807) is 0 Å². The monoisotopic (exact) mass is 274 g/mol. The molecule has 3 N–H and O–H groups in total. The van der Waals surface area contributed by atoms with Crippen molar-refractivity contribution in [2.24, 2.45) is 5.73 Å². The molecule has 0 saturated carbocycles. The van der Waals surface area contributed by atoms with Crippen molar-refractivity contribution in [3.8, 4) is 5.69 Å². The maximum Gasteiger partial charge on any atom is 0.404 e. The molecule has 20 heavy (non-hydrogen) atoms. The van der Waals surface area contributed by atoms with Crippen LogP contribution in [0.5, 0.6) is 0 Å². The number of carbonyl (C=O) groups is 1. The Hall–Kier alpha value is -2.34. The summed E-state index contributed by atoms with van der Waals surface area (Å²) in [4.78, 5) is 10.4. The standard InChI is InChI=1S/C14H18N4O2/c1-11(16-7-8-20-14(15)19)12-9-17-18(10-12)13-5-3-2-4-6-13/h2-6,9-11,16H,7-8H2,1H3,(H2,15,19). The summed E-state index contributed by atoms with van der Waals surface area (Å²) in [6, 6.07) is 10.0. The molecule has 1 heterocycles. The molecule has 0 bridgehead atoms. The molecule has 0 fully saturated rings. The van der Waals surface area contributed by atoms with Gasteiger partial charge < -0.3 is 15.8 Å². The number of carbonyl (C=O) groups excluding carboxylic acids is 1. The fourth-order valence-electron chi connectivity index (χ4n) is 1.83. The van der Waals surface area contributed by atoms with Crippen LogP contribution in [0, 0.1) is 0 Å². The molecule has 0 saturated heterocycles. The van der Waals surface area contributed by atoms with Crippen molar-refractivity contribution in [3.63, 3.8) is 0 Å². The van der Waals surface area contributed by atoms with E-state index in [0.717, 1.165) is 11.3 Å². The van der Waals surface area contributed by atoms with Crippen LogP contribution in [-0.4, -0.2) is 29.0 Å². The third kappa shape index (κ3) is 3.83. The van der Waals surface area contributed by atoms with Gasteiger partial charge in [0.15, 0.2) is 0 Å². The zero-order chi connectivity index (χ0) is 14.4. The zero-order valence-corrected chi connectivity index (χ0v) is 11.3. The van der Waals surface area contributed by atoms with E-state index in [2.05, 4.69) is 15.2 Å². The molecule has 106 valence electrons. The number of hydrogen-bond acceptors (Lipinski definition) is 4. The minimum Gasteiger partial charge on any atom is -0.448 e. The van der Waals surface area contributed by atoms with E-state index in [4.69, 9.17) is 5.73 Å². The number of amides is 1. The SMILES string of the molecule is CC(NCCOC(N)=O)c1cnn(-c2ccccc2)c1. The highest BCUT2D eigenvalue weighted by atomic mass is 16.5. The first-order valence-electron chi connectivity index (χ1n) is 6.42. The lowest BCUT2D eigenvalue weighted by atomic mass is 10.2. The van der Waals surface area contributed by atoms with Gasteiger partial charge in [0.25, 0.3) is 0 Å². The first-order valence-corrected chi connectivity index (χ1v) is 6.42. The van der Waals surface area contributed by atoms with Gasteiger partial charge in [-0.3, -0.25) is 0 Å². The molecule has 1 atom stereocenters. The fourth-order valence-corrected chi connectivity index (χ4v) is 1.83. The molecule has 2 rings (SSSR count). The number of ether oxygens (including phenoxy) is 1. The molecule has 0 aliphatic carbocycles. The van der Waals surface area contributed by atoms with Gasteiger partial charge in [-0.1, -0.05) is 18.2 Å². The second-order valence-electron chi connectivity index (χ2n) is 4.40. The van der Waals surface area contributed by atoms with Gasteiger partial charge in [-0.2, -0.15) is 5.10 Å². The molecule has 1 amide bonds. The summed E-state index contributed by atoms with van der Waals surface area (Å²) in [7, 11) is 0. The molecule has 0 radical (unpaired) electrons. The largest absolute Gasteiger partial charge is 0.448 e. The highest BCUT2D eigenvalue weighted by Gasteiger charge is 2.08. The summed E-state index contributed by atoms with van der Waals surface area (Å²) >= 11 is 0. The van der Waals surface area contributed by atoms with Gasteiger partial charge in [-0.25, -0.2) is 9.48 Å². The molecule has 0 aliphatic rings. The van der Waals surface area contributed by atoms with Crippen molar-refractivity contribution in [2.45, 2.75) is 13.0 Å². The average Bonchev–Trinajstić information content (AvgIpc) is 2.94. The summed E-state index contributed by atoms with van der Waals surface area (Å²) in [6.07, 6.45) is 3.04. The van der Waals surface area contributed by atoms with Gasteiger partial charge in [0.05, 0.1) is 11.9 Å². The van der Waals surface area contributed by atoms with E-state index in [0.29, 0.717) is 6.54 Å². The number of para-hydroxylation sites is 1. The Kier molecular flexibility index (Phi) is 4.73. The van der Waals surface area contributed by atoms with Gasteiger partial charge in [0.2, 0.25) is 0 Å². The van der Waals surface area contributed by atoms with Crippen LogP contribution < -0.4 is 11.1 Å². The van der Waals surface area contributed by atoms with Crippen LogP contribution in [-0.2, 0) is 4.74 Å². The van der Waals surface area contributed by atoms with E-state index in [1.807, 2.05) is 54.3 Å². The topological polar surface area (TPSA) is 82.2 Å².